The summed E-state index contributed by atoms with van der Waals surface area (Å²) in [6, 6.07) is -0.548. The van der Waals surface area contributed by atoms with E-state index in [1.807, 2.05) is 0 Å². The van der Waals surface area contributed by atoms with Gasteiger partial charge in [0.1, 0.15) is 5.54 Å². The fraction of sp³-hybridized carbons (Fsp3) is 0.750. The predicted molar refractivity (Wildman–Crippen MR) is 65.9 cm³/mol. The molecule has 1 aliphatic carbocycles. The van der Waals surface area contributed by atoms with Crippen molar-refractivity contribution in [2.75, 3.05) is 13.1 Å². The molecule has 2 saturated heterocycles. The lowest BCUT2D eigenvalue weighted by Gasteiger charge is -2.25. The second-order valence-corrected chi connectivity index (χ2v) is 5.70. The number of carbonyl (C=O) groups is 3. The van der Waals surface area contributed by atoms with Crippen LogP contribution in [0.25, 0.3) is 0 Å². The van der Waals surface area contributed by atoms with Gasteiger partial charge in [0.25, 0.3) is 5.91 Å². The van der Waals surface area contributed by atoms with Crippen LogP contribution in [0.15, 0.2) is 0 Å². The highest BCUT2D eigenvalue weighted by Gasteiger charge is 2.52. The average molecular weight is 266 g/mol. The van der Waals surface area contributed by atoms with Crippen molar-refractivity contribution < 1.29 is 14.4 Å². The summed E-state index contributed by atoms with van der Waals surface area (Å²) in [6.45, 7) is 0.752. The SMILES string of the molecule is NC1CCCC1C(=O)N1CCC2(C1)NC(=O)NC2=O. The van der Waals surface area contributed by atoms with Gasteiger partial charge in [0.15, 0.2) is 0 Å². The number of carbonyl (C=O) groups excluding carboxylic acids is 3. The summed E-state index contributed by atoms with van der Waals surface area (Å²) in [5.74, 6) is -0.435. The van der Waals surface area contributed by atoms with Crippen LogP contribution in [0.3, 0.4) is 0 Å². The summed E-state index contributed by atoms with van der Waals surface area (Å²) >= 11 is 0. The fourth-order valence-corrected chi connectivity index (χ4v) is 3.34. The van der Waals surface area contributed by atoms with Gasteiger partial charge in [-0.05, 0) is 19.3 Å². The van der Waals surface area contributed by atoms with Gasteiger partial charge in [0, 0.05) is 12.6 Å². The van der Waals surface area contributed by atoms with Gasteiger partial charge in [-0.25, -0.2) is 4.79 Å². The van der Waals surface area contributed by atoms with Crippen LogP contribution < -0.4 is 16.4 Å². The van der Waals surface area contributed by atoms with Crippen molar-refractivity contribution in [3.8, 4) is 0 Å². The molecule has 7 heteroatoms. The van der Waals surface area contributed by atoms with E-state index in [4.69, 9.17) is 5.73 Å². The minimum Gasteiger partial charge on any atom is -0.339 e. The molecule has 0 aromatic carbocycles. The van der Waals surface area contributed by atoms with E-state index < -0.39 is 11.6 Å². The number of amides is 4. The molecule has 2 aliphatic heterocycles. The Morgan fingerprint density at radius 1 is 1.37 bits per heavy atom. The first-order chi connectivity index (χ1) is 9.02. The molecule has 3 unspecified atom stereocenters. The molecule has 3 fully saturated rings. The van der Waals surface area contributed by atoms with Crippen LogP contribution >= 0.6 is 0 Å². The number of hydrogen-bond donors (Lipinski definition) is 3. The Kier molecular flexibility index (Phi) is 2.74. The highest BCUT2D eigenvalue weighted by atomic mass is 16.2. The molecule has 2 heterocycles. The molecule has 4 amide bonds. The lowest BCUT2D eigenvalue weighted by Crippen LogP contribution is -2.50. The van der Waals surface area contributed by atoms with Crippen LogP contribution in [0, 0.1) is 5.92 Å². The van der Waals surface area contributed by atoms with E-state index in [1.54, 1.807) is 4.90 Å². The molecule has 4 N–H and O–H groups in total. The molecule has 19 heavy (non-hydrogen) atoms. The number of nitrogens with zero attached hydrogens (tertiary/aromatic N) is 1. The Hall–Kier alpha value is -1.63. The lowest BCUT2D eigenvalue weighted by molar-refractivity contribution is -0.135. The number of hydrogen-bond acceptors (Lipinski definition) is 4. The molecule has 0 bridgehead atoms. The number of urea groups is 1. The van der Waals surface area contributed by atoms with Crippen molar-refractivity contribution in [2.45, 2.75) is 37.3 Å². The number of likely N-dealkylation sites (tertiary alicyclic amines) is 1. The van der Waals surface area contributed by atoms with Gasteiger partial charge in [-0.1, -0.05) is 6.42 Å². The zero-order valence-corrected chi connectivity index (χ0v) is 10.6. The van der Waals surface area contributed by atoms with Crippen LogP contribution in [-0.2, 0) is 9.59 Å². The molecular formula is C12H18N4O3. The number of rotatable bonds is 1. The maximum absolute atomic E-state index is 12.4. The van der Waals surface area contributed by atoms with Gasteiger partial charge in [0.05, 0.1) is 12.5 Å². The zero-order valence-electron chi connectivity index (χ0n) is 10.6. The van der Waals surface area contributed by atoms with E-state index in [9.17, 15) is 14.4 Å². The molecular weight excluding hydrogens is 248 g/mol. The van der Waals surface area contributed by atoms with Gasteiger partial charge in [-0.15, -0.1) is 0 Å². The standard InChI is InChI=1S/C12H18N4O3/c13-8-3-1-2-7(8)9(17)16-5-4-12(6-16)10(18)14-11(19)15-12/h7-8H,1-6,13H2,(H2,14,15,18,19). The molecule has 0 aromatic rings. The zero-order chi connectivity index (χ0) is 13.6. The summed E-state index contributed by atoms with van der Waals surface area (Å²) in [6.07, 6.45) is 3.15. The van der Waals surface area contributed by atoms with E-state index in [0.29, 0.717) is 13.0 Å². The molecule has 104 valence electrons. The Morgan fingerprint density at radius 3 is 2.74 bits per heavy atom. The maximum Gasteiger partial charge on any atom is 0.322 e. The Bertz CT molecular complexity index is 452. The highest BCUT2D eigenvalue weighted by molar-refractivity contribution is 6.07. The third kappa shape index (κ3) is 1.88. The monoisotopic (exact) mass is 266 g/mol. The summed E-state index contributed by atoms with van der Waals surface area (Å²) in [4.78, 5) is 37.1. The van der Waals surface area contributed by atoms with Gasteiger partial charge >= 0.3 is 6.03 Å². The number of imide groups is 1. The third-order valence-electron chi connectivity index (χ3n) is 4.48. The van der Waals surface area contributed by atoms with Crippen molar-refractivity contribution in [1.29, 1.82) is 0 Å². The molecule has 3 atom stereocenters. The second kappa shape index (κ2) is 4.19. The highest BCUT2D eigenvalue weighted by Crippen LogP contribution is 2.30. The summed E-state index contributed by atoms with van der Waals surface area (Å²) in [5, 5.41) is 4.88. The maximum atomic E-state index is 12.4. The van der Waals surface area contributed by atoms with Gasteiger partial charge < -0.3 is 16.0 Å². The third-order valence-corrected chi connectivity index (χ3v) is 4.48. The minimum absolute atomic E-state index is 0.0239. The number of nitrogens with two attached hydrogens (primary N) is 1. The van der Waals surface area contributed by atoms with Crippen molar-refractivity contribution >= 4 is 17.8 Å². The molecule has 1 saturated carbocycles. The van der Waals surface area contributed by atoms with Crippen LogP contribution in [0.2, 0.25) is 0 Å². The molecule has 3 rings (SSSR count). The topological polar surface area (TPSA) is 105 Å². The van der Waals surface area contributed by atoms with E-state index in [-0.39, 0.29) is 30.3 Å². The normalized spacial score (nSPS) is 37.8. The van der Waals surface area contributed by atoms with Crippen molar-refractivity contribution in [3.63, 3.8) is 0 Å². The summed E-state index contributed by atoms with van der Waals surface area (Å²) in [7, 11) is 0. The quantitative estimate of drug-likeness (QED) is 0.525. The Labute approximate surface area is 110 Å². The van der Waals surface area contributed by atoms with Gasteiger partial charge in [0.2, 0.25) is 5.91 Å². The Morgan fingerprint density at radius 2 is 2.16 bits per heavy atom. The molecule has 7 nitrogen and oxygen atoms in total. The first-order valence-corrected chi connectivity index (χ1v) is 6.70. The first-order valence-electron chi connectivity index (χ1n) is 6.70. The molecule has 0 aromatic heterocycles. The van der Waals surface area contributed by atoms with Crippen molar-refractivity contribution in [2.24, 2.45) is 11.7 Å². The molecule has 3 aliphatic rings. The van der Waals surface area contributed by atoms with Crippen molar-refractivity contribution in [3.05, 3.63) is 0 Å². The fourth-order valence-electron chi connectivity index (χ4n) is 3.34. The van der Waals surface area contributed by atoms with Gasteiger partial charge in [-0.2, -0.15) is 0 Å². The largest absolute Gasteiger partial charge is 0.339 e. The van der Waals surface area contributed by atoms with E-state index in [0.717, 1.165) is 19.3 Å². The van der Waals surface area contributed by atoms with Crippen LogP contribution in [0.4, 0.5) is 4.79 Å². The molecule has 1 spiro atoms. The van der Waals surface area contributed by atoms with Crippen LogP contribution in [-0.4, -0.2) is 47.4 Å². The Balaban J connectivity index is 1.70. The van der Waals surface area contributed by atoms with Crippen LogP contribution in [0.1, 0.15) is 25.7 Å². The summed E-state index contributed by atoms with van der Waals surface area (Å²) in [5.41, 5.74) is 5.02. The van der Waals surface area contributed by atoms with E-state index in [2.05, 4.69) is 10.6 Å². The smallest absolute Gasteiger partial charge is 0.322 e. The lowest BCUT2D eigenvalue weighted by atomic mass is 9.99. The summed E-state index contributed by atoms with van der Waals surface area (Å²) < 4.78 is 0. The van der Waals surface area contributed by atoms with E-state index >= 15 is 0 Å². The van der Waals surface area contributed by atoms with Crippen molar-refractivity contribution in [1.82, 2.24) is 15.5 Å². The number of nitrogens with one attached hydrogen (secondary N) is 2. The van der Waals surface area contributed by atoms with E-state index in [1.165, 1.54) is 0 Å². The average Bonchev–Trinajstić information content (AvgIpc) is 3.01. The van der Waals surface area contributed by atoms with Crippen LogP contribution in [0.5, 0.6) is 0 Å². The predicted octanol–water partition coefficient (Wildman–Crippen LogP) is -1.08. The first kappa shape index (κ1) is 12.4. The van der Waals surface area contributed by atoms with Gasteiger partial charge in [-0.3, -0.25) is 14.9 Å². The second-order valence-electron chi connectivity index (χ2n) is 5.70. The minimum atomic E-state index is -0.921. The molecule has 0 radical (unpaired) electrons.